The summed E-state index contributed by atoms with van der Waals surface area (Å²) in [6.45, 7) is 3.43. The second kappa shape index (κ2) is 11.0. The number of carbonyl (C=O) groups excluding carboxylic acids is 1. The third kappa shape index (κ3) is 5.99. The van der Waals surface area contributed by atoms with Gasteiger partial charge in [0.05, 0.1) is 0 Å². The number of halogens is 3. The molecule has 1 aromatic carbocycles. The number of hydrogen-bond acceptors (Lipinski definition) is 7. The van der Waals surface area contributed by atoms with Crippen LogP contribution in [0.3, 0.4) is 0 Å². The molecule has 3 heterocycles. The average molecular weight is 535 g/mol. The second-order valence-electron chi connectivity index (χ2n) is 9.22. The lowest BCUT2D eigenvalue weighted by Gasteiger charge is -2.36. The van der Waals surface area contributed by atoms with Crippen LogP contribution in [0.5, 0.6) is 0 Å². The van der Waals surface area contributed by atoms with Crippen LogP contribution in [0.15, 0.2) is 23.0 Å². The maximum absolute atomic E-state index is 12.9. The Bertz CT molecular complexity index is 1380. The summed E-state index contributed by atoms with van der Waals surface area (Å²) in [7, 11) is 2.15. The van der Waals surface area contributed by atoms with Gasteiger partial charge in [0.25, 0.3) is 11.5 Å². The summed E-state index contributed by atoms with van der Waals surface area (Å²) in [6, 6.07) is 8.29. The Balaban J connectivity index is 1.57. The predicted molar refractivity (Wildman–Crippen MR) is 138 cm³/mol. The molecule has 37 heavy (non-hydrogen) atoms. The normalized spacial score (nSPS) is 17.9. The van der Waals surface area contributed by atoms with Crippen LogP contribution in [0.1, 0.15) is 25.3 Å². The molecule has 0 bridgehead atoms. The third-order valence-corrected chi connectivity index (χ3v) is 7.87. The summed E-state index contributed by atoms with van der Waals surface area (Å²) in [5.74, 6) is -1.17. The van der Waals surface area contributed by atoms with Crippen molar-refractivity contribution in [3.63, 3.8) is 0 Å². The number of benzene rings is 1. The molecule has 198 valence electrons. The molecular weight excluding hydrogens is 505 g/mol. The number of carbonyl (C=O) groups is 1. The van der Waals surface area contributed by atoms with E-state index in [1.165, 1.54) is 22.0 Å². The molecule has 1 amide bonds. The molecule has 1 fully saturated rings. The van der Waals surface area contributed by atoms with Crippen LogP contribution in [0.4, 0.5) is 24.5 Å². The van der Waals surface area contributed by atoms with E-state index >= 15 is 0 Å². The summed E-state index contributed by atoms with van der Waals surface area (Å²) >= 11 is 0.888. The van der Waals surface area contributed by atoms with Gasteiger partial charge in [-0.2, -0.15) is 18.4 Å². The van der Waals surface area contributed by atoms with Crippen molar-refractivity contribution >= 4 is 40.4 Å². The molecule has 8 nitrogen and oxygen atoms in total. The van der Waals surface area contributed by atoms with Crippen molar-refractivity contribution in [1.82, 2.24) is 14.8 Å². The number of rotatable bonds is 6. The maximum Gasteiger partial charge on any atom is 0.405 e. The Kier molecular flexibility index (Phi) is 7.94. The minimum Gasteiger partial charge on any atom is -0.368 e. The molecule has 0 unspecified atom stereocenters. The first kappa shape index (κ1) is 26.8. The first-order valence-electron chi connectivity index (χ1n) is 12.1. The molecule has 2 aliphatic rings. The lowest BCUT2D eigenvalue weighted by atomic mass is 10.0. The number of anilines is 2. The number of aromatic nitrogens is 1. The van der Waals surface area contributed by atoms with Gasteiger partial charge in [-0.05, 0) is 70.1 Å². The van der Waals surface area contributed by atoms with Crippen molar-refractivity contribution in [2.24, 2.45) is 0 Å². The molecule has 0 radical (unpaired) electrons. The van der Waals surface area contributed by atoms with Gasteiger partial charge >= 0.3 is 6.18 Å². The van der Waals surface area contributed by atoms with Gasteiger partial charge in [-0.25, -0.2) is 0 Å². The zero-order chi connectivity index (χ0) is 26.7. The van der Waals surface area contributed by atoms with Crippen LogP contribution < -0.4 is 30.3 Å². The lowest BCUT2D eigenvalue weighted by Crippen LogP contribution is -2.43. The van der Waals surface area contributed by atoms with Crippen molar-refractivity contribution in [3.05, 3.63) is 43.3 Å². The van der Waals surface area contributed by atoms with E-state index in [-0.39, 0.29) is 15.7 Å². The van der Waals surface area contributed by atoms with Gasteiger partial charge in [0.1, 0.15) is 21.8 Å². The highest BCUT2D eigenvalue weighted by Crippen LogP contribution is 2.34. The number of nitriles is 1. The number of likely N-dealkylation sites (tertiary alicyclic amines) is 1. The third-order valence-electron chi connectivity index (χ3n) is 6.74. The molecule has 0 aliphatic carbocycles. The van der Waals surface area contributed by atoms with Gasteiger partial charge in [-0.1, -0.05) is 0 Å². The first-order valence-corrected chi connectivity index (χ1v) is 13.0. The molecule has 0 atom stereocenters. The monoisotopic (exact) mass is 534 g/mol. The summed E-state index contributed by atoms with van der Waals surface area (Å²) < 4.78 is 39.0. The van der Waals surface area contributed by atoms with Crippen molar-refractivity contribution in [3.8, 4) is 6.07 Å². The number of thiazole rings is 1. The molecular formula is C25H29F3N6O2S. The van der Waals surface area contributed by atoms with Crippen LogP contribution in [-0.4, -0.2) is 60.8 Å². The largest absolute Gasteiger partial charge is 0.405 e. The number of nitrogens with one attached hydrogen (secondary N) is 2. The van der Waals surface area contributed by atoms with Crippen LogP contribution in [0.25, 0.3) is 11.8 Å². The molecule has 12 heteroatoms. The fourth-order valence-corrected chi connectivity index (χ4v) is 5.90. The molecule has 2 N–H and O–H groups in total. The Labute approximate surface area is 216 Å². The van der Waals surface area contributed by atoms with E-state index in [0.717, 1.165) is 55.9 Å². The van der Waals surface area contributed by atoms with Crippen LogP contribution in [0.2, 0.25) is 0 Å². The number of fused-ring (bicyclic) bond motifs is 1. The topological polar surface area (TPSA) is 93.4 Å². The molecule has 4 rings (SSSR count). The van der Waals surface area contributed by atoms with Crippen molar-refractivity contribution < 1.29 is 18.0 Å². The average Bonchev–Trinajstić information content (AvgIpc) is 3.42. The minimum absolute atomic E-state index is 0.0189. The van der Waals surface area contributed by atoms with Gasteiger partial charge in [0, 0.05) is 36.7 Å². The van der Waals surface area contributed by atoms with Crippen molar-refractivity contribution in [2.75, 3.05) is 43.4 Å². The molecule has 1 aromatic heterocycles. The molecule has 2 aliphatic heterocycles. The standard InChI is InChI=1S/C25H29F3N6O2S/c1-3-33-23(36)21(37-24(33)19(13-29)22(35)31-15-25(26,27)28)14-30-17-4-5-20-16(12-17)6-11-34(20)18-7-9-32(2)10-8-18/h4-5,12,14,18,30H,3,6-11,15H2,1-2H3,(H,31,35)/b21-14-,24-19+. The smallest absolute Gasteiger partial charge is 0.368 e. The van der Waals surface area contributed by atoms with E-state index in [1.54, 1.807) is 18.3 Å². The van der Waals surface area contributed by atoms with Crippen LogP contribution in [0, 0.1) is 11.3 Å². The highest BCUT2D eigenvalue weighted by atomic mass is 32.1. The van der Waals surface area contributed by atoms with E-state index in [2.05, 4.69) is 34.3 Å². The maximum atomic E-state index is 12.9. The number of nitrogens with zero attached hydrogens (tertiary/aromatic N) is 4. The zero-order valence-electron chi connectivity index (χ0n) is 20.7. The van der Waals surface area contributed by atoms with Gasteiger partial charge < -0.3 is 20.4 Å². The highest BCUT2D eigenvalue weighted by Gasteiger charge is 2.29. The highest BCUT2D eigenvalue weighted by molar-refractivity contribution is 7.07. The van der Waals surface area contributed by atoms with Gasteiger partial charge in [-0.3, -0.25) is 14.2 Å². The Morgan fingerprint density at radius 1 is 1.27 bits per heavy atom. The van der Waals surface area contributed by atoms with Crippen LogP contribution >= 0.6 is 11.3 Å². The van der Waals surface area contributed by atoms with E-state index in [1.807, 2.05) is 6.07 Å². The number of amides is 1. The summed E-state index contributed by atoms with van der Waals surface area (Å²) in [6.07, 6.45) is 0.125. The SMILES string of the molecule is CCn1c(=O)/c(=C/Nc2ccc3c(c2)CCN3C2CCN(C)CC2)s/c1=C(\C#N)C(=O)NCC(F)(F)F. The van der Waals surface area contributed by atoms with Crippen molar-refractivity contribution in [1.29, 1.82) is 5.26 Å². The number of alkyl halides is 3. The second-order valence-corrected chi connectivity index (χ2v) is 10.2. The molecule has 0 spiro atoms. The predicted octanol–water partition coefficient (Wildman–Crippen LogP) is 1.59. The molecule has 2 aromatic rings. The van der Waals surface area contributed by atoms with E-state index in [0.29, 0.717) is 6.04 Å². The fraction of sp³-hybridized carbons (Fsp3) is 0.480. The van der Waals surface area contributed by atoms with Gasteiger partial charge in [-0.15, -0.1) is 11.3 Å². The van der Waals surface area contributed by atoms with Crippen LogP contribution in [-0.2, 0) is 17.8 Å². The first-order chi connectivity index (χ1) is 17.6. The van der Waals surface area contributed by atoms with Gasteiger partial charge in [0.15, 0.2) is 5.57 Å². The van der Waals surface area contributed by atoms with Gasteiger partial charge in [0.2, 0.25) is 0 Å². The number of piperidine rings is 1. The fourth-order valence-electron chi connectivity index (χ4n) is 4.81. The summed E-state index contributed by atoms with van der Waals surface area (Å²) in [5.41, 5.74) is 2.32. The Morgan fingerprint density at radius 2 is 2.00 bits per heavy atom. The minimum atomic E-state index is -4.61. The molecule has 0 saturated carbocycles. The summed E-state index contributed by atoms with van der Waals surface area (Å²) in [5, 5.41) is 14.3. The van der Waals surface area contributed by atoms with E-state index in [9.17, 15) is 28.0 Å². The Morgan fingerprint density at radius 3 is 2.65 bits per heavy atom. The van der Waals surface area contributed by atoms with E-state index in [4.69, 9.17) is 0 Å². The number of hydrogen-bond donors (Lipinski definition) is 2. The van der Waals surface area contributed by atoms with Crippen molar-refractivity contribution in [2.45, 2.75) is 44.9 Å². The molecule has 1 saturated heterocycles. The van der Waals surface area contributed by atoms with E-state index < -0.39 is 29.8 Å². The lowest BCUT2D eigenvalue weighted by molar-refractivity contribution is -0.135. The quantitative estimate of drug-likeness (QED) is 0.585. The summed E-state index contributed by atoms with van der Waals surface area (Å²) in [4.78, 5) is 30.0. The Hall–Kier alpha value is -3.30. The zero-order valence-corrected chi connectivity index (χ0v) is 21.5.